The molecule has 1 saturated heterocycles. The minimum Gasteiger partial charge on any atom is -0.239 e. The highest BCUT2D eigenvalue weighted by atomic mass is 17.2. The molecule has 2 atom stereocenters. The van der Waals surface area contributed by atoms with Gasteiger partial charge in [0.25, 0.3) is 0 Å². The largest absolute Gasteiger partial charge is 0.239 e. The summed E-state index contributed by atoms with van der Waals surface area (Å²) in [7, 11) is 0. The van der Waals surface area contributed by atoms with E-state index in [9.17, 15) is 0 Å². The Morgan fingerprint density at radius 2 is 1.46 bits per heavy atom. The molecule has 1 heterocycles. The molecular weight excluding hydrogens is 298 g/mol. The number of nitrogens with zero attached hydrogens (tertiary/aromatic N) is 1. The Morgan fingerprint density at radius 1 is 0.792 bits per heavy atom. The van der Waals surface area contributed by atoms with Gasteiger partial charge in [-0.3, -0.25) is 0 Å². The minimum atomic E-state index is -0.127. The average molecular weight is 323 g/mol. The van der Waals surface area contributed by atoms with Crippen molar-refractivity contribution in [3.8, 4) is 0 Å². The summed E-state index contributed by atoms with van der Waals surface area (Å²) in [5.74, 6) is 0.566. The number of hydrogen-bond acceptors (Lipinski definition) is 3. The molecule has 3 heteroatoms. The molecule has 0 radical (unpaired) electrons. The van der Waals surface area contributed by atoms with Crippen LogP contribution in [0.25, 0.3) is 0 Å². The standard InChI is InChI=1S/C21H25NO2/c1-4-10-17(11-5-1)16-22-20(18-12-6-2-7-13-18)23-24-21(22)19-14-8-3-9-15-19/h1-2,4-7,10-13,19-21H,3,8-9,14-16H2/t20-,21+/m0/s1. The van der Waals surface area contributed by atoms with Crippen LogP contribution in [0.1, 0.15) is 49.5 Å². The van der Waals surface area contributed by atoms with Crippen molar-refractivity contribution in [2.24, 2.45) is 5.92 Å². The molecule has 0 N–H and O–H groups in total. The normalized spacial score (nSPS) is 25.8. The van der Waals surface area contributed by atoms with E-state index in [1.807, 2.05) is 6.07 Å². The van der Waals surface area contributed by atoms with Crippen LogP contribution in [0.15, 0.2) is 60.7 Å². The van der Waals surface area contributed by atoms with Crippen LogP contribution in [0.4, 0.5) is 0 Å². The van der Waals surface area contributed by atoms with E-state index in [0.717, 1.165) is 12.1 Å². The van der Waals surface area contributed by atoms with Crippen molar-refractivity contribution >= 4 is 0 Å². The molecule has 2 aromatic carbocycles. The van der Waals surface area contributed by atoms with E-state index in [4.69, 9.17) is 9.78 Å². The van der Waals surface area contributed by atoms with E-state index in [1.165, 1.54) is 37.7 Å². The molecule has 0 amide bonds. The zero-order valence-electron chi connectivity index (χ0n) is 14.0. The summed E-state index contributed by atoms with van der Waals surface area (Å²) < 4.78 is 0. The summed E-state index contributed by atoms with van der Waals surface area (Å²) in [6, 6.07) is 21.0. The molecular formula is C21H25NO2. The number of hydrogen-bond donors (Lipinski definition) is 0. The van der Waals surface area contributed by atoms with Crippen molar-refractivity contribution in [1.82, 2.24) is 4.90 Å². The second-order valence-electron chi connectivity index (χ2n) is 6.90. The Morgan fingerprint density at radius 3 is 2.17 bits per heavy atom. The van der Waals surface area contributed by atoms with Crippen molar-refractivity contribution in [3.63, 3.8) is 0 Å². The topological polar surface area (TPSA) is 21.7 Å². The molecule has 4 rings (SSSR count). The zero-order chi connectivity index (χ0) is 16.2. The lowest BCUT2D eigenvalue weighted by Gasteiger charge is -2.32. The molecule has 0 bridgehead atoms. The molecule has 2 aromatic rings. The monoisotopic (exact) mass is 323 g/mol. The summed E-state index contributed by atoms with van der Waals surface area (Å²) in [6.07, 6.45) is 6.36. The van der Waals surface area contributed by atoms with Gasteiger partial charge in [-0.2, -0.15) is 0 Å². The highest BCUT2D eigenvalue weighted by Crippen LogP contribution is 2.40. The summed E-state index contributed by atoms with van der Waals surface area (Å²) in [4.78, 5) is 14.1. The molecule has 2 aliphatic rings. The second-order valence-corrected chi connectivity index (χ2v) is 6.90. The number of rotatable bonds is 4. The molecule has 2 fully saturated rings. The first kappa shape index (κ1) is 15.8. The van der Waals surface area contributed by atoms with Gasteiger partial charge < -0.3 is 0 Å². The lowest BCUT2D eigenvalue weighted by Crippen LogP contribution is -2.38. The van der Waals surface area contributed by atoms with Crippen molar-refractivity contribution in [2.45, 2.75) is 51.1 Å². The van der Waals surface area contributed by atoms with Gasteiger partial charge in [0.2, 0.25) is 0 Å². The fraction of sp³-hybridized carbons (Fsp3) is 0.429. The van der Waals surface area contributed by atoms with Crippen LogP contribution in [0.3, 0.4) is 0 Å². The highest BCUT2D eigenvalue weighted by Gasteiger charge is 2.41. The minimum absolute atomic E-state index is 0.0516. The summed E-state index contributed by atoms with van der Waals surface area (Å²) >= 11 is 0. The predicted molar refractivity (Wildman–Crippen MR) is 93.7 cm³/mol. The molecule has 1 aliphatic carbocycles. The van der Waals surface area contributed by atoms with E-state index >= 15 is 0 Å². The maximum absolute atomic E-state index is 5.87. The maximum Gasteiger partial charge on any atom is 0.174 e. The Hall–Kier alpha value is -1.68. The summed E-state index contributed by atoms with van der Waals surface area (Å²) in [5.41, 5.74) is 2.46. The van der Waals surface area contributed by atoms with E-state index in [1.54, 1.807) is 0 Å². The van der Waals surface area contributed by atoms with Gasteiger partial charge in [-0.15, -0.1) is 0 Å². The molecule has 0 aromatic heterocycles. The molecule has 1 aliphatic heterocycles. The van der Waals surface area contributed by atoms with E-state index in [2.05, 4.69) is 59.5 Å². The van der Waals surface area contributed by atoms with Crippen LogP contribution in [0, 0.1) is 5.92 Å². The summed E-state index contributed by atoms with van der Waals surface area (Å²) in [5, 5.41) is 0. The molecule has 24 heavy (non-hydrogen) atoms. The molecule has 0 unspecified atom stereocenters. The van der Waals surface area contributed by atoms with Crippen molar-refractivity contribution in [1.29, 1.82) is 0 Å². The quantitative estimate of drug-likeness (QED) is 0.734. The lowest BCUT2D eigenvalue weighted by atomic mass is 9.87. The van der Waals surface area contributed by atoms with Crippen LogP contribution < -0.4 is 0 Å². The first-order valence-electron chi connectivity index (χ1n) is 9.08. The van der Waals surface area contributed by atoms with Crippen molar-refractivity contribution in [3.05, 3.63) is 71.8 Å². The Balaban J connectivity index is 1.59. The van der Waals surface area contributed by atoms with Gasteiger partial charge in [0.15, 0.2) is 12.5 Å². The van der Waals surface area contributed by atoms with Gasteiger partial charge in [0.1, 0.15) is 0 Å². The third-order valence-corrected chi connectivity index (χ3v) is 5.22. The van der Waals surface area contributed by atoms with E-state index in [0.29, 0.717) is 5.92 Å². The molecule has 3 nitrogen and oxygen atoms in total. The Bertz CT molecular complexity index is 625. The van der Waals surface area contributed by atoms with Gasteiger partial charge in [-0.1, -0.05) is 79.9 Å². The Labute approximate surface area is 144 Å². The third kappa shape index (κ3) is 3.39. The Kier molecular flexibility index (Phi) is 4.93. The van der Waals surface area contributed by atoms with E-state index < -0.39 is 0 Å². The van der Waals surface area contributed by atoms with Gasteiger partial charge in [-0.05, 0) is 24.0 Å². The first-order chi connectivity index (χ1) is 11.9. The number of benzene rings is 2. The van der Waals surface area contributed by atoms with Crippen LogP contribution in [-0.2, 0) is 16.3 Å². The fourth-order valence-corrected chi connectivity index (χ4v) is 3.95. The average Bonchev–Trinajstić information content (AvgIpc) is 3.07. The van der Waals surface area contributed by atoms with Gasteiger partial charge in [0, 0.05) is 12.5 Å². The predicted octanol–water partition coefficient (Wildman–Crippen LogP) is 5.06. The zero-order valence-corrected chi connectivity index (χ0v) is 14.0. The van der Waals surface area contributed by atoms with Crippen molar-refractivity contribution in [2.75, 3.05) is 0 Å². The molecule has 1 saturated carbocycles. The lowest BCUT2D eigenvalue weighted by molar-refractivity contribution is -0.306. The molecule has 126 valence electrons. The third-order valence-electron chi connectivity index (χ3n) is 5.22. The van der Waals surface area contributed by atoms with Crippen molar-refractivity contribution < 1.29 is 9.78 Å². The van der Waals surface area contributed by atoms with Gasteiger partial charge in [-0.25, -0.2) is 14.7 Å². The fourth-order valence-electron chi connectivity index (χ4n) is 3.95. The van der Waals surface area contributed by atoms with E-state index in [-0.39, 0.29) is 12.5 Å². The highest BCUT2D eigenvalue weighted by molar-refractivity contribution is 5.19. The maximum atomic E-state index is 5.87. The van der Waals surface area contributed by atoms with Crippen LogP contribution in [0.5, 0.6) is 0 Å². The van der Waals surface area contributed by atoms with Gasteiger partial charge >= 0.3 is 0 Å². The second kappa shape index (κ2) is 7.47. The van der Waals surface area contributed by atoms with Crippen LogP contribution in [0.2, 0.25) is 0 Å². The van der Waals surface area contributed by atoms with Crippen LogP contribution >= 0.6 is 0 Å². The van der Waals surface area contributed by atoms with Crippen LogP contribution in [-0.4, -0.2) is 11.1 Å². The smallest absolute Gasteiger partial charge is 0.174 e. The SMILES string of the molecule is c1ccc(CN2[C@@H](C3CCCCC3)OO[C@H]2c2ccccc2)cc1. The molecule has 0 spiro atoms. The summed E-state index contributed by atoms with van der Waals surface area (Å²) in [6.45, 7) is 0.849. The van der Waals surface area contributed by atoms with Gasteiger partial charge in [0.05, 0.1) is 0 Å². The first-order valence-corrected chi connectivity index (χ1v) is 9.08.